The number of hydrogen-bond donors (Lipinski definition) is 1. The Morgan fingerprint density at radius 1 is 1.45 bits per heavy atom. The first kappa shape index (κ1) is 11.4. The summed E-state index contributed by atoms with van der Waals surface area (Å²) in [6.07, 6.45) is -0.212. The Morgan fingerprint density at radius 2 is 1.91 bits per heavy atom. The molecule has 0 aromatic carbocycles. The van der Waals surface area contributed by atoms with E-state index in [1.807, 2.05) is 0 Å². The van der Waals surface area contributed by atoms with Crippen molar-refractivity contribution in [2.75, 3.05) is 0 Å². The van der Waals surface area contributed by atoms with Crippen LogP contribution in [0.3, 0.4) is 0 Å². The minimum atomic E-state index is -1.61. The molecule has 6 heteroatoms. The van der Waals surface area contributed by atoms with Gasteiger partial charge in [0.1, 0.15) is 0 Å². The zero-order chi connectivity index (χ0) is 9.07. The molecule has 0 amide bonds. The average Bonchev–Trinajstić information content (AvgIpc) is 1.80. The van der Waals surface area contributed by atoms with Gasteiger partial charge in [-0.05, 0) is 0 Å². The minimum Gasteiger partial charge on any atom is -0.478 e. The molecule has 11 heavy (non-hydrogen) atoms. The van der Waals surface area contributed by atoms with Crippen LogP contribution in [-0.2, 0) is 4.79 Å². The maximum absolute atomic E-state index is 10.3. The number of hydrogen-bond acceptors (Lipinski definition) is 1. The molecule has 0 aromatic heterocycles. The van der Waals surface area contributed by atoms with E-state index in [0.717, 1.165) is 5.54 Å². The van der Waals surface area contributed by atoms with Gasteiger partial charge < -0.3 is 5.11 Å². The fourth-order valence-corrected chi connectivity index (χ4v) is 0.979. The van der Waals surface area contributed by atoms with E-state index in [2.05, 4.69) is 0 Å². The van der Waals surface area contributed by atoms with Gasteiger partial charge in [-0.1, -0.05) is 46.4 Å². The predicted octanol–water partition coefficient (Wildman–Crippen LogP) is 2.95. The summed E-state index contributed by atoms with van der Waals surface area (Å²) in [5, 5.41) is 8.41. The van der Waals surface area contributed by atoms with E-state index in [9.17, 15) is 4.79 Å². The van der Waals surface area contributed by atoms with Crippen molar-refractivity contribution >= 4 is 52.4 Å². The fourth-order valence-electron chi connectivity index (χ4n) is 0.377. The molecule has 0 aromatic rings. The third-order valence-electron chi connectivity index (χ3n) is 0.797. The Bertz CT molecular complexity index is 181. The summed E-state index contributed by atoms with van der Waals surface area (Å²) in [4.78, 5) is 10.3. The summed E-state index contributed by atoms with van der Waals surface area (Å²) >= 11 is 21.1. The standard InChI is InChI=1S/C5H4Cl4O2/c6-2-3(4(10)11)1-5(7,8)9/h2H,1H2,(H,10,11). The lowest BCUT2D eigenvalue weighted by atomic mass is 10.2. The maximum atomic E-state index is 10.3. The quantitative estimate of drug-likeness (QED) is 0.593. The molecule has 0 saturated carbocycles. The first-order chi connectivity index (χ1) is 4.87. The van der Waals surface area contributed by atoms with E-state index in [-0.39, 0.29) is 12.0 Å². The van der Waals surface area contributed by atoms with E-state index in [1.54, 1.807) is 0 Å². The molecule has 0 spiro atoms. The van der Waals surface area contributed by atoms with Crippen LogP contribution < -0.4 is 0 Å². The smallest absolute Gasteiger partial charge is 0.332 e. The molecule has 0 aliphatic carbocycles. The molecule has 1 N–H and O–H groups in total. The number of carboxylic acid groups (broad SMARTS) is 1. The predicted molar refractivity (Wildman–Crippen MR) is 46.5 cm³/mol. The Kier molecular flexibility index (Phi) is 4.56. The lowest BCUT2D eigenvalue weighted by Gasteiger charge is -2.09. The van der Waals surface area contributed by atoms with Crippen LogP contribution in [0.2, 0.25) is 0 Å². The Morgan fingerprint density at radius 3 is 2.00 bits per heavy atom. The molecule has 0 fully saturated rings. The molecule has 0 aliphatic heterocycles. The first-order valence-electron chi connectivity index (χ1n) is 2.46. The molecule has 0 heterocycles. The molecule has 0 rings (SSSR count). The molecule has 0 radical (unpaired) electrons. The second-order valence-electron chi connectivity index (χ2n) is 1.73. The van der Waals surface area contributed by atoms with Crippen LogP contribution in [0.25, 0.3) is 0 Å². The van der Waals surface area contributed by atoms with Gasteiger partial charge in [-0.3, -0.25) is 0 Å². The van der Waals surface area contributed by atoms with Crippen molar-refractivity contribution < 1.29 is 9.90 Å². The third-order valence-corrected chi connectivity index (χ3v) is 1.46. The second-order valence-corrected chi connectivity index (χ2v) is 4.47. The topological polar surface area (TPSA) is 37.3 Å². The molecule has 0 bridgehead atoms. The van der Waals surface area contributed by atoms with Gasteiger partial charge in [0.15, 0.2) is 3.79 Å². The SMILES string of the molecule is O=C(O)C(=CCl)CC(Cl)(Cl)Cl. The average molecular weight is 238 g/mol. The van der Waals surface area contributed by atoms with Crippen LogP contribution in [-0.4, -0.2) is 14.9 Å². The lowest BCUT2D eigenvalue weighted by Crippen LogP contribution is -2.09. The second kappa shape index (κ2) is 4.41. The van der Waals surface area contributed by atoms with Crippen molar-refractivity contribution in [2.45, 2.75) is 10.2 Å². The zero-order valence-electron chi connectivity index (χ0n) is 5.15. The van der Waals surface area contributed by atoms with Gasteiger partial charge >= 0.3 is 5.97 Å². The van der Waals surface area contributed by atoms with Crippen LogP contribution in [0, 0.1) is 0 Å². The molecular formula is C5H4Cl4O2. The van der Waals surface area contributed by atoms with Crippen molar-refractivity contribution in [1.82, 2.24) is 0 Å². The molecule has 0 saturated heterocycles. The van der Waals surface area contributed by atoms with Crippen LogP contribution >= 0.6 is 46.4 Å². The molecule has 0 aliphatic rings. The van der Waals surface area contributed by atoms with Crippen LogP contribution in [0.5, 0.6) is 0 Å². The Hall–Kier alpha value is 0.370. The normalized spacial score (nSPS) is 13.3. The highest BCUT2D eigenvalue weighted by Gasteiger charge is 2.24. The summed E-state index contributed by atoms with van der Waals surface area (Å²) in [7, 11) is 0. The van der Waals surface area contributed by atoms with E-state index >= 15 is 0 Å². The number of carboxylic acids is 1. The van der Waals surface area contributed by atoms with Crippen molar-refractivity contribution in [3.8, 4) is 0 Å². The number of halogens is 4. The highest BCUT2D eigenvalue weighted by molar-refractivity contribution is 6.67. The van der Waals surface area contributed by atoms with Gasteiger partial charge in [-0.25, -0.2) is 4.79 Å². The highest BCUT2D eigenvalue weighted by Crippen LogP contribution is 2.33. The Labute approximate surface area is 83.7 Å². The summed E-state index contributed by atoms with van der Waals surface area (Å²) < 4.78 is -1.61. The van der Waals surface area contributed by atoms with Gasteiger partial charge in [-0.2, -0.15) is 0 Å². The summed E-state index contributed by atoms with van der Waals surface area (Å²) in [6.45, 7) is 0. The highest BCUT2D eigenvalue weighted by atomic mass is 35.6. The molecule has 2 nitrogen and oxygen atoms in total. The van der Waals surface area contributed by atoms with Gasteiger partial charge in [0.25, 0.3) is 0 Å². The van der Waals surface area contributed by atoms with Crippen LogP contribution in [0.1, 0.15) is 6.42 Å². The largest absolute Gasteiger partial charge is 0.478 e. The van der Waals surface area contributed by atoms with E-state index < -0.39 is 9.76 Å². The van der Waals surface area contributed by atoms with Crippen LogP contribution in [0.15, 0.2) is 11.1 Å². The monoisotopic (exact) mass is 236 g/mol. The number of aliphatic carboxylic acids is 1. The maximum Gasteiger partial charge on any atom is 0.332 e. The van der Waals surface area contributed by atoms with Gasteiger partial charge in [0.05, 0.1) is 5.57 Å². The third kappa shape index (κ3) is 5.62. The molecular weight excluding hydrogens is 234 g/mol. The van der Waals surface area contributed by atoms with Gasteiger partial charge in [-0.15, -0.1) is 0 Å². The van der Waals surface area contributed by atoms with E-state index in [0.29, 0.717) is 0 Å². The Balaban J connectivity index is 4.24. The minimum absolute atomic E-state index is 0.133. The van der Waals surface area contributed by atoms with Crippen molar-refractivity contribution in [3.05, 3.63) is 11.1 Å². The number of carbonyl (C=O) groups is 1. The van der Waals surface area contributed by atoms with Gasteiger partial charge in [0, 0.05) is 12.0 Å². The molecule has 0 atom stereocenters. The summed E-state index contributed by atoms with van der Waals surface area (Å²) in [5.74, 6) is -1.19. The fraction of sp³-hybridized carbons (Fsp3) is 0.400. The molecule has 0 unspecified atom stereocenters. The van der Waals surface area contributed by atoms with Crippen molar-refractivity contribution in [2.24, 2.45) is 0 Å². The lowest BCUT2D eigenvalue weighted by molar-refractivity contribution is -0.132. The number of rotatable bonds is 2. The van der Waals surface area contributed by atoms with E-state index in [1.165, 1.54) is 0 Å². The van der Waals surface area contributed by atoms with Crippen LogP contribution in [0.4, 0.5) is 0 Å². The van der Waals surface area contributed by atoms with Crippen molar-refractivity contribution in [3.63, 3.8) is 0 Å². The summed E-state index contributed by atoms with van der Waals surface area (Å²) in [6, 6.07) is 0. The number of alkyl halides is 3. The van der Waals surface area contributed by atoms with E-state index in [4.69, 9.17) is 51.5 Å². The summed E-state index contributed by atoms with van der Waals surface area (Å²) in [5.41, 5.74) is 0.746. The van der Waals surface area contributed by atoms with Gasteiger partial charge in [0.2, 0.25) is 0 Å². The zero-order valence-corrected chi connectivity index (χ0v) is 8.18. The van der Waals surface area contributed by atoms with Crippen molar-refractivity contribution in [1.29, 1.82) is 0 Å². The molecule has 64 valence electrons. The first-order valence-corrected chi connectivity index (χ1v) is 4.03.